The maximum Gasteiger partial charge on any atom is 0.250 e. The summed E-state index contributed by atoms with van der Waals surface area (Å²) < 4.78 is 5.11. The number of hydrogen-bond acceptors (Lipinski definition) is 2. The van der Waals surface area contributed by atoms with Crippen LogP contribution in [-0.2, 0) is 16.0 Å². The highest BCUT2D eigenvalue weighted by Gasteiger charge is 2.07. The molecule has 0 saturated heterocycles. The number of ether oxygens (including phenoxy) is 1. The van der Waals surface area contributed by atoms with Crippen LogP contribution in [0.15, 0.2) is 54.6 Å². The van der Waals surface area contributed by atoms with Crippen LogP contribution in [0.1, 0.15) is 18.1 Å². The average Bonchev–Trinajstić information content (AvgIpc) is 2.48. The van der Waals surface area contributed by atoms with Crippen LogP contribution in [0.3, 0.4) is 0 Å². The fraction of sp³-hybridized carbons (Fsp3) is 0.235. The number of carbonyl (C=O) groups is 1. The second kappa shape index (κ2) is 7.46. The molecular weight excluding hydrogens is 250 g/mol. The van der Waals surface area contributed by atoms with Crippen molar-refractivity contribution >= 4 is 11.6 Å². The van der Waals surface area contributed by atoms with Crippen molar-refractivity contribution in [2.75, 3.05) is 18.5 Å². The largest absolute Gasteiger partial charge is 0.372 e. The summed E-state index contributed by atoms with van der Waals surface area (Å²) in [6, 6.07) is 18.1. The Hall–Kier alpha value is -2.13. The fourth-order valence-electron chi connectivity index (χ4n) is 1.99. The van der Waals surface area contributed by atoms with E-state index in [4.69, 9.17) is 4.74 Å². The first kappa shape index (κ1) is 14.3. The normalized spacial score (nSPS) is 10.2. The first-order valence-electron chi connectivity index (χ1n) is 6.79. The van der Waals surface area contributed by atoms with Crippen molar-refractivity contribution in [3.8, 4) is 0 Å². The van der Waals surface area contributed by atoms with Gasteiger partial charge in [0.05, 0.1) is 0 Å². The summed E-state index contributed by atoms with van der Waals surface area (Å²) in [5.41, 5.74) is 3.17. The maximum absolute atomic E-state index is 11.7. The van der Waals surface area contributed by atoms with Gasteiger partial charge in [-0.1, -0.05) is 48.5 Å². The molecule has 0 saturated carbocycles. The van der Waals surface area contributed by atoms with Gasteiger partial charge in [0, 0.05) is 12.3 Å². The van der Waals surface area contributed by atoms with Crippen LogP contribution in [0.25, 0.3) is 0 Å². The smallest absolute Gasteiger partial charge is 0.250 e. The van der Waals surface area contributed by atoms with Crippen molar-refractivity contribution in [1.29, 1.82) is 0 Å². The van der Waals surface area contributed by atoms with Crippen LogP contribution in [0, 0.1) is 0 Å². The Morgan fingerprint density at radius 2 is 1.75 bits per heavy atom. The maximum atomic E-state index is 11.7. The monoisotopic (exact) mass is 269 g/mol. The molecule has 0 unspecified atom stereocenters. The Morgan fingerprint density at radius 3 is 2.50 bits per heavy atom. The molecule has 0 aliphatic rings. The van der Waals surface area contributed by atoms with E-state index in [0.29, 0.717) is 6.61 Å². The summed E-state index contributed by atoms with van der Waals surface area (Å²) in [4.78, 5) is 11.7. The number of para-hydroxylation sites is 1. The first-order valence-corrected chi connectivity index (χ1v) is 6.79. The zero-order valence-corrected chi connectivity index (χ0v) is 11.6. The number of anilines is 1. The van der Waals surface area contributed by atoms with Crippen LogP contribution in [0.5, 0.6) is 0 Å². The van der Waals surface area contributed by atoms with Crippen LogP contribution >= 0.6 is 0 Å². The first-order chi connectivity index (χ1) is 9.79. The summed E-state index contributed by atoms with van der Waals surface area (Å²) in [5, 5.41) is 2.90. The van der Waals surface area contributed by atoms with Crippen LogP contribution < -0.4 is 5.32 Å². The highest BCUT2D eigenvalue weighted by atomic mass is 16.5. The van der Waals surface area contributed by atoms with Gasteiger partial charge in [-0.3, -0.25) is 4.79 Å². The Bertz CT molecular complexity index is 552. The minimum atomic E-state index is -0.118. The highest BCUT2D eigenvalue weighted by Crippen LogP contribution is 2.19. The van der Waals surface area contributed by atoms with E-state index < -0.39 is 0 Å². The lowest BCUT2D eigenvalue weighted by Gasteiger charge is -2.11. The molecule has 0 aromatic heterocycles. The molecule has 0 atom stereocenters. The number of amides is 1. The van der Waals surface area contributed by atoms with Crippen molar-refractivity contribution < 1.29 is 9.53 Å². The minimum Gasteiger partial charge on any atom is -0.372 e. The summed E-state index contributed by atoms with van der Waals surface area (Å²) in [6.45, 7) is 2.51. The van der Waals surface area contributed by atoms with E-state index in [1.165, 1.54) is 5.56 Å². The van der Waals surface area contributed by atoms with E-state index >= 15 is 0 Å². The predicted molar refractivity (Wildman–Crippen MR) is 80.8 cm³/mol. The van der Waals surface area contributed by atoms with E-state index in [-0.39, 0.29) is 12.5 Å². The van der Waals surface area contributed by atoms with Crippen LogP contribution in [0.2, 0.25) is 0 Å². The molecule has 2 aromatic rings. The standard InChI is InChI=1S/C17H19NO2/c1-2-20-13-17(19)18-16-11-7-6-10-15(16)12-14-8-4-3-5-9-14/h3-11H,2,12-13H2,1H3,(H,18,19). The topological polar surface area (TPSA) is 38.3 Å². The average molecular weight is 269 g/mol. The molecule has 1 N–H and O–H groups in total. The molecule has 0 aliphatic heterocycles. The lowest BCUT2D eigenvalue weighted by atomic mass is 10.0. The molecule has 20 heavy (non-hydrogen) atoms. The molecule has 0 heterocycles. The lowest BCUT2D eigenvalue weighted by Crippen LogP contribution is -2.19. The predicted octanol–water partition coefficient (Wildman–Crippen LogP) is 3.25. The molecule has 2 rings (SSSR count). The van der Waals surface area contributed by atoms with Gasteiger partial charge in [0.15, 0.2) is 0 Å². The second-order valence-electron chi connectivity index (χ2n) is 4.50. The third-order valence-electron chi connectivity index (χ3n) is 2.97. The van der Waals surface area contributed by atoms with Crippen molar-refractivity contribution in [3.63, 3.8) is 0 Å². The van der Waals surface area contributed by atoms with E-state index in [1.807, 2.05) is 49.4 Å². The van der Waals surface area contributed by atoms with Crippen LogP contribution in [0.4, 0.5) is 5.69 Å². The third kappa shape index (κ3) is 4.21. The highest BCUT2D eigenvalue weighted by molar-refractivity contribution is 5.92. The SMILES string of the molecule is CCOCC(=O)Nc1ccccc1Cc1ccccc1. The van der Waals surface area contributed by atoms with Gasteiger partial charge >= 0.3 is 0 Å². The van der Waals surface area contributed by atoms with Gasteiger partial charge < -0.3 is 10.1 Å². The van der Waals surface area contributed by atoms with Crippen molar-refractivity contribution in [2.45, 2.75) is 13.3 Å². The number of rotatable bonds is 6. The molecule has 1 amide bonds. The van der Waals surface area contributed by atoms with E-state index in [1.54, 1.807) is 0 Å². The Labute approximate surface area is 119 Å². The van der Waals surface area contributed by atoms with Crippen molar-refractivity contribution in [1.82, 2.24) is 0 Å². The molecule has 0 aliphatic carbocycles. The third-order valence-corrected chi connectivity index (χ3v) is 2.97. The molecule has 0 fully saturated rings. The summed E-state index contributed by atoms with van der Waals surface area (Å²) in [6.07, 6.45) is 0.798. The molecule has 0 radical (unpaired) electrons. The van der Waals surface area contributed by atoms with Gasteiger partial charge in [-0.05, 0) is 30.5 Å². The zero-order chi connectivity index (χ0) is 14.2. The fourth-order valence-corrected chi connectivity index (χ4v) is 1.99. The number of nitrogens with one attached hydrogen (secondary N) is 1. The summed E-state index contributed by atoms with van der Waals surface area (Å²) in [7, 11) is 0. The summed E-state index contributed by atoms with van der Waals surface area (Å²) in [5.74, 6) is -0.118. The van der Waals surface area contributed by atoms with E-state index in [9.17, 15) is 4.79 Å². The molecule has 3 heteroatoms. The Kier molecular flexibility index (Phi) is 5.33. The summed E-state index contributed by atoms with van der Waals surface area (Å²) >= 11 is 0. The second-order valence-corrected chi connectivity index (χ2v) is 4.50. The number of hydrogen-bond donors (Lipinski definition) is 1. The number of carbonyl (C=O) groups excluding carboxylic acids is 1. The molecule has 104 valence electrons. The van der Waals surface area contributed by atoms with E-state index in [2.05, 4.69) is 17.4 Å². The van der Waals surface area contributed by atoms with Crippen molar-refractivity contribution in [2.24, 2.45) is 0 Å². The Morgan fingerprint density at radius 1 is 1.05 bits per heavy atom. The van der Waals surface area contributed by atoms with Crippen LogP contribution in [-0.4, -0.2) is 19.1 Å². The molecule has 0 bridgehead atoms. The van der Waals surface area contributed by atoms with Crippen molar-refractivity contribution in [3.05, 3.63) is 65.7 Å². The van der Waals surface area contributed by atoms with E-state index in [0.717, 1.165) is 17.7 Å². The molecular formula is C17H19NO2. The molecule has 2 aromatic carbocycles. The quantitative estimate of drug-likeness (QED) is 0.874. The number of benzene rings is 2. The molecule has 3 nitrogen and oxygen atoms in total. The lowest BCUT2D eigenvalue weighted by molar-refractivity contribution is -0.120. The minimum absolute atomic E-state index is 0.0934. The van der Waals surface area contributed by atoms with Gasteiger partial charge in [-0.15, -0.1) is 0 Å². The van der Waals surface area contributed by atoms with Gasteiger partial charge in [0.1, 0.15) is 6.61 Å². The van der Waals surface area contributed by atoms with Gasteiger partial charge in [0.25, 0.3) is 0 Å². The molecule has 0 spiro atoms. The van der Waals surface area contributed by atoms with Gasteiger partial charge in [0.2, 0.25) is 5.91 Å². The van der Waals surface area contributed by atoms with Gasteiger partial charge in [-0.25, -0.2) is 0 Å². The Balaban J connectivity index is 2.08. The zero-order valence-electron chi connectivity index (χ0n) is 11.6. The van der Waals surface area contributed by atoms with Gasteiger partial charge in [-0.2, -0.15) is 0 Å².